The Morgan fingerprint density at radius 3 is 2.52 bits per heavy atom. The second-order valence-electron chi connectivity index (χ2n) is 6.19. The third-order valence-electron chi connectivity index (χ3n) is 4.43. The molecule has 2 aromatic rings. The van der Waals surface area contributed by atoms with Crippen molar-refractivity contribution < 1.29 is 14.0 Å². The van der Waals surface area contributed by atoms with Crippen molar-refractivity contribution in [2.75, 3.05) is 31.6 Å². The SMILES string of the molecule is CCN(CCNC(=O)c1ccc(C2N=C(F)ON2C)cc1)c1ccccc1. The van der Waals surface area contributed by atoms with Crippen LogP contribution in [0.3, 0.4) is 0 Å². The van der Waals surface area contributed by atoms with Gasteiger partial charge in [-0.05, 0) is 36.8 Å². The molecule has 0 fully saturated rings. The Hall–Kier alpha value is -2.93. The van der Waals surface area contributed by atoms with Gasteiger partial charge in [0.1, 0.15) is 0 Å². The van der Waals surface area contributed by atoms with E-state index in [-0.39, 0.29) is 5.91 Å². The molecule has 7 heteroatoms. The van der Waals surface area contributed by atoms with Gasteiger partial charge in [0.2, 0.25) is 0 Å². The van der Waals surface area contributed by atoms with Gasteiger partial charge >= 0.3 is 6.15 Å². The fourth-order valence-electron chi connectivity index (χ4n) is 2.98. The van der Waals surface area contributed by atoms with E-state index in [9.17, 15) is 9.18 Å². The second-order valence-corrected chi connectivity index (χ2v) is 6.19. The van der Waals surface area contributed by atoms with Crippen LogP contribution in [0.2, 0.25) is 0 Å². The van der Waals surface area contributed by atoms with Gasteiger partial charge in [-0.15, -0.1) is 9.45 Å². The smallest absolute Gasteiger partial charge is 0.370 e. The number of amides is 1. The zero-order valence-corrected chi connectivity index (χ0v) is 15.4. The molecule has 1 aliphatic heterocycles. The molecule has 1 N–H and O–H groups in total. The molecular weight excluding hydrogens is 347 g/mol. The van der Waals surface area contributed by atoms with Crippen LogP contribution in [-0.2, 0) is 4.84 Å². The highest BCUT2D eigenvalue weighted by molar-refractivity contribution is 5.94. The summed E-state index contributed by atoms with van der Waals surface area (Å²) in [5, 5.41) is 4.26. The molecule has 0 saturated carbocycles. The molecule has 1 amide bonds. The summed E-state index contributed by atoms with van der Waals surface area (Å²) in [6.07, 6.45) is -1.39. The lowest BCUT2D eigenvalue weighted by molar-refractivity contribution is -0.0667. The number of para-hydroxylation sites is 1. The maximum absolute atomic E-state index is 13.1. The summed E-state index contributed by atoms with van der Waals surface area (Å²) < 4.78 is 13.1. The molecule has 0 radical (unpaired) electrons. The van der Waals surface area contributed by atoms with Gasteiger partial charge in [-0.25, -0.2) is 0 Å². The minimum Gasteiger partial charge on any atom is -0.370 e. The Balaban J connectivity index is 1.54. The van der Waals surface area contributed by atoms with Crippen molar-refractivity contribution in [3.8, 4) is 0 Å². The van der Waals surface area contributed by atoms with Gasteiger partial charge in [0.05, 0.1) is 0 Å². The van der Waals surface area contributed by atoms with Crippen LogP contribution < -0.4 is 10.2 Å². The van der Waals surface area contributed by atoms with E-state index >= 15 is 0 Å². The molecule has 0 spiro atoms. The predicted molar refractivity (Wildman–Crippen MR) is 103 cm³/mol. The number of carbonyl (C=O) groups excluding carboxylic acids is 1. The van der Waals surface area contributed by atoms with Gasteiger partial charge in [0, 0.05) is 37.9 Å². The third kappa shape index (κ3) is 4.62. The molecular formula is C20H23FN4O2. The van der Waals surface area contributed by atoms with Crippen LogP contribution >= 0.6 is 0 Å². The highest BCUT2D eigenvalue weighted by Gasteiger charge is 2.26. The molecule has 0 aromatic heterocycles. The average molecular weight is 370 g/mol. The van der Waals surface area contributed by atoms with E-state index in [1.165, 1.54) is 5.06 Å². The van der Waals surface area contributed by atoms with Crippen molar-refractivity contribution in [1.82, 2.24) is 10.4 Å². The fraction of sp³-hybridized carbons (Fsp3) is 0.300. The Labute approximate surface area is 158 Å². The molecule has 0 saturated heterocycles. The first-order valence-corrected chi connectivity index (χ1v) is 8.90. The number of halogens is 1. The lowest BCUT2D eigenvalue weighted by atomic mass is 10.1. The van der Waals surface area contributed by atoms with Crippen LogP contribution in [0, 0.1) is 0 Å². The van der Waals surface area contributed by atoms with Crippen molar-refractivity contribution >= 4 is 17.7 Å². The molecule has 0 bridgehead atoms. The predicted octanol–water partition coefficient (Wildman–Crippen LogP) is 3.14. The largest absolute Gasteiger partial charge is 0.393 e. The number of benzene rings is 2. The number of hydroxylamine groups is 2. The van der Waals surface area contributed by atoms with Gasteiger partial charge in [-0.1, -0.05) is 30.3 Å². The van der Waals surface area contributed by atoms with E-state index < -0.39 is 12.3 Å². The summed E-state index contributed by atoms with van der Waals surface area (Å²) in [5.41, 5.74) is 2.43. The lowest BCUT2D eigenvalue weighted by Crippen LogP contribution is -2.34. The molecule has 1 atom stereocenters. The van der Waals surface area contributed by atoms with Crippen molar-refractivity contribution in [3.63, 3.8) is 0 Å². The van der Waals surface area contributed by atoms with Gasteiger partial charge in [0.25, 0.3) is 5.91 Å². The zero-order chi connectivity index (χ0) is 19.2. The average Bonchev–Trinajstić information content (AvgIpc) is 3.04. The van der Waals surface area contributed by atoms with Crippen molar-refractivity contribution in [1.29, 1.82) is 0 Å². The lowest BCUT2D eigenvalue weighted by Gasteiger charge is -2.23. The summed E-state index contributed by atoms with van der Waals surface area (Å²) in [7, 11) is 1.60. The normalized spacial score (nSPS) is 16.6. The molecule has 27 heavy (non-hydrogen) atoms. The van der Waals surface area contributed by atoms with Crippen molar-refractivity contribution in [2.45, 2.75) is 13.1 Å². The van der Waals surface area contributed by atoms with E-state index in [4.69, 9.17) is 4.84 Å². The van der Waals surface area contributed by atoms with Crippen LogP contribution in [0.5, 0.6) is 0 Å². The number of likely N-dealkylation sites (N-methyl/N-ethyl adjacent to an activating group) is 1. The van der Waals surface area contributed by atoms with E-state index in [2.05, 4.69) is 34.3 Å². The number of rotatable bonds is 7. The van der Waals surface area contributed by atoms with Crippen molar-refractivity contribution in [3.05, 3.63) is 65.7 Å². The molecule has 6 nitrogen and oxygen atoms in total. The summed E-state index contributed by atoms with van der Waals surface area (Å²) >= 11 is 0. The van der Waals surface area contributed by atoms with Gasteiger partial charge in [-0.2, -0.15) is 4.99 Å². The monoisotopic (exact) mass is 370 g/mol. The van der Waals surface area contributed by atoms with E-state index in [0.717, 1.165) is 24.3 Å². The minimum atomic E-state index is -0.858. The summed E-state index contributed by atoms with van der Waals surface area (Å²) in [4.78, 5) is 23.1. The Morgan fingerprint density at radius 2 is 1.93 bits per heavy atom. The van der Waals surface area contributed by atoms with E-state index in [0.29, 0.717) is 12.1 Å². The van der Waals surface area contributed by atoms with E-state index in [1.807, 2.05) is 18.2 Å². The number of nitrogens with zero attached hydrogens (tertiary/aromatic N) is 3. The summed E-state index contributed by atoms with van der Waals surface area (Å²) in [6.45, 7) is 4.21. The molecule has 142 valence electrons. The molecule has 0 aliphatic carbocycles. The molecule has 1 heterocycles. The number of nitrogens with one attached hydrogen (secondary N) is 1. The number of carbonyl (C=O) groups is 1. The van der Waals surface area contributed by atoms with Crippen LogP contribution in [0.15, 0.2) is 59.6 Å². The van der Waals surface area contributed by atoms with Crippen LogP contribution in [0.4, 0.5) is 10.1 Å². The second kappa shape index (κ2) is 8.64. The Morgan fingerprint density at radius 1 is 1.22 bits per heavy atom. The number of anilines is 1. The van der Waals surface area contributed by atoms with Crippen LogP contribution in [0.1, 0.15) is 29.0 Å². The van der Waals surface area contributed by atoms with E-state index in [1.54, 1.807) is 31.3 Å². The van der Waals surface area contributed by atoms with Crippen LogP contribution in [0.25, 0.3) is 0 Å². The first-order valence-electron chi connectivity index (χ1n) is 8.90. The Bertz CT molecular complexity index is 795. The number of hydrogen-bond acceptors (Lipinski definition) is 5. The number of aliphatic imine (C=N–C) groups is 1. The molecule has 1 aliphatic rings. The first-order chi connectivity index (χ1) is 13.1. The molecule has 3 rings (SSSR count). The zero-order valence-electron chi connectivity index (χ0n) is 15.4. The first kappa shape index (κ1) is 18.8. The quantitative estimate of drug-likeness (QED) is 0.814. The number of hydrogen-bond donors (Lipinski definition) is 1. The molecule has 1 unspecified atom stereocenters. The van der Waals surface area contributed by atoms with Crippen molar-refractivity contribution in [2.24, 2.45) is 4.99 Å². The van der Waals surface area contributed by atoms with Gasteiger partial charge < -0.3 is 15.1 Å². The maximum atomic E-state index is 13.1. The standard InChI is InChI=1S/C20H23FN4O2/c1-3-25(17-7-5-4-6-8-17)14-13-22-19(26)16-11-9-15(10-12-16)18-23-20(21)27-24(18)2/h4-12,18H,3,13-14H2,1-2H3,(H,22,26). The summed E-state index contributed by atoms with van der Waals surface area (Å²) in [5.74, 6) is -0.142. The maximum Gasteiger partial charge on any atom is 0.393 e. The van der Waals surface area contributed by atoms with Gasteiger partial charge in [0.15, 0.2) is 6.17 Å². The fourth-order valence-corrected chi connectivity index (χ4v) is 2.98. The topological polar surface area (TPSA) is 57.2 Å². The third-order valence-corrected chi connectivity index (χ3v) is 4.43. The molecule has 2 aromatic carbocycles. The minimum absolute atomic E-state index is 0.142. The Kier molecular flexibility index (Phi) is 6.03. The van der Waals surface area contributed by atoms with Crippen LogP contribution in [-0.4, -0.2) is 43.8 Å². The highest BCUT2D eigenvalue weighted by Crippen LogP contribution is 2.26. The van der Waals surface area contributed by atoms with Gasteiger partial charge in [-0.3, -0.25) is 4.79 Å². The highest BCUT2D eigenvalue weighted by atomic mass is 19.1. The summed E-state index contributed by atoms with van der Waals surface area (Å²) in [6, 6.07) is 17.0.